The minimum Gasteiger partial charge on any atom is -0.381 e. The van der Waals surface area contributed by atoms with Gasteiger partial charge in [-0.15, -0.1) is 0 Å². The molecule has 0 aromatic heterocycles. The van der Waals surface area contributed by atoms with Gasteiger partial charge in [0.1, 0.15) is 5.41 Å². The van der Waals surface area contributed by atoms with Crippen molar-refractivity contribution in [2.45, 2.75) is 19.8 Å². The average Bonchev–Trinajstić information content (AvgIpc) is 2.44. The lowest BCUT2D eigenvalue weighted by atomic mass is 9.80. The zero-order valence-electron chi connectivity index (χ0n) is 10.9. The predicted octanol–water partition coefficient (Wildman–Crippen LogP) is -0.0987. The molecule has 0 unspecified atom stereocenters. The second kappa shape index (κ2) is 6.36. The lowest BCUT2D eigenvalue weighted by molar-refractivity contribution is -0.145. The smallest absolute Gasteiger partial charge is 0.243 e. The van der Waals surface area contributed by atoms with Crippen LogP contribution in [0.25, 0.3) is 0 Å². The molecular weight excluding hydrogens is 234 g/mol. The first-order valence-electron chi connectivity index (χ1n) is 6.08. The largest absolute Gasteiger partial charge is 0.381 e. The minimum atomic E-state index is -1.03. The molecule has 1 aliphatic rings. The summed E-state index contributed by atoms with van der Waals surface area (Å²) in [5, 5.41) is 11.8. The summed E-state index contributed by atoms with van der Waals surface area (Å²) in [5.74, 6) is -0.496. The monoisotopic (exact) mass is 253 g/mol. The summed E-state index contributed by atoms with van der Waals surface area (Å²) in [4.78, 5) is 25.2. The maximum Gasteiger partial charge on any atom is 0.243 e. The highest BCUT2D eigenvalue weighted by molar-refractivity contribution is 5.89. The minimum absolute atomic E-state index is 0.00385. The molecule has 0 radical (unpaired) electrons. The molecule has 1 fully saturated rings. The van der Waals surface area contributed by atoms with Crippen molar-refractivity contribution >= 4 is 11.8 Å². The van der Waals surface area contributed by atoms with Gasteiger partial charge < -0.3 is 15.0 Å². The molecule has 0 aromatic carbocycles. The van der Waals surface area contributed by atoms with Crippen LogP contribution in [0.1, 0.15) is 19.8 Å². The van der Waals surface area contributed by atoms with Gasteiger partial charge in [0.25, 0.3) is 0 Å². The maximum absolute atomic E-state index is 12.4. The van der Waals surface area contributed by atoms with Crippen LogP contribution in [0.5, 0.6) is 0 Å². The van der Waals surface area contributed by atoms with Gasteiger partial charge in [0.2, 0.25) is 11.8 Å². The number of nitriles is 1. The Morgan fingerprint density at radius 2 is 2.06 bits per heavy atom. The molecule has 0 saturated carbocycles. The lowest BCUT2D eigenvalue weighted by Crippen LogP contribution is -2.49. The van der Waals surface area contributed by atoms with Gasteiger partial charge in [0, 0.05) is 26.8 Å². The molecule has 0 atom stereocenters. The Labute approximate surface area is 107 Å². The van der Waals surface area contributed by atoms with E-state index in [-0.39, 0.29) is 18.4 Å². The number of nitrogens with one attached hydrogen (secondary N) is 1. The summed E-state index contributed by atoms with van der Waals surface area (Å²) >= 11 is 0. The Kier molecular flexibility index (Phi) is 5.10. The fourth-order valence-electron chi connectivity index (χ4n) is 1.98. The molecule has 0 spiro atoms. The fourth-order valence-corrected chi connectivity index (χ4v) is 1.98. The molecule has 1 aliphatic heterocycles. The standard InChI is InChI=1S/C12H19N3O3/c1-3-15(8-10(16)14-2)11(17)12(9-13)4-6-18-7-5-12/h3-8H2,1-2H3,(H,14,16). The van der Waals surface area contributed by atoms with Crippen LogP contribution in [0.15, 0.2) is 0 Å². The van der Waals surface area contributed by atoms with E-state index in [1.54, 1.807) is 6.92 Å². The van der Waals surface area contributed by atoms with E-state index in [1.807, 2.05) is 0 Å². The molecule has 2 amide bonds. The second-order valence-corrected chi connectivity index (χ2v) is 4.30. The summed E-state index contributed by atoms with van der Waals surface area (Å²) in [6, 6.07) is 2.12. The molecule has 6 nitrogen and oxygen atoms in total. The molecule has 18 heavy (non-hydrogen) atoms. The molecule has 6 heteroatoms. The van der Waals surface area contributed by atoms with Crippen LogP contribution in [-0.2, 0) is 14.3 Å². The van der Waals surface area contributed by atoms with Gasteiger partial charge in [-0.1, -0.05) is 0 Å². The van der Waals surface area contributed by atoms with Crippen LogP contribution in [0.3, 0.4) is 0 Å². The van der Waals surface area contributed by atoms with Crippen molar-refractivity contribution < 1.29 is 14.3 Å². The van der Waals surface area contributed by atoms with Gasteiger partial charge in [0.05, 0.1) is 12.6 Å². The third-order valence-corrected chi connectivity index (χ3v) is 3.25. The fraction of sp³-hybridized carbons (Fsp3) is 0.750. The lowest BCUT2D eigenvalue weighted by Gasteiger charge is -2.34. The van der Waals surface area contributed by atoms with Crippen LogP contribution in [0.4, 0.5) is 0 Å². The second-order valence-electron chi connectivity index (χ2n) is 4.30. The van der Waals surface area contributed by atoms with Gasteiger partial charge in [-0.05, 0) is 19.8 Å². The number of rotatable bonds is 4. The van der Waals surface area contributed by atoms with Gasteiger partial charge in [-0.3, -0.25) is 9.59 Å². The van der Waals surface area contributed by atoms with E-state index < -0.39 is 5.41 Å². The predicted molar refractivity (Wildman–Crippen MR) is 64.4 cm³/mol. The molecule has 1 rings (SSSR count). The Balaban J connectivity index is 2.81. The first-order chi connectivity index (χ1) is 8.59. The first-order valence-corrected chi connectivity index (χ1v) is 6.08. The number of carbonyl (C=O) groups excluding carboxylic acids is 2. The zero-order chi connectivity index (χ0) is 13.6. The van der Waals surface area contributed by atoms with E-state index >= 15 is 0 Å². The highest BCUT2D eigenvalue weighted by Crippen LogP contribution is 2.31. The third-order valence-electron chi connectivity index (χ3n) is 3.25. The number of likely N-dealkylation sites (N-methyl/N-ethyl adjacent to an activating group) is 2. The molecule has 1 saturated heterocycles. The van der Waals surface area contributed by atoms with Gasteiger partial charge in [0.15, 0.2) is 0 Å². The summed E-state index contributed by atoms with van der Waals surface area (Å²) in [7, 11) is 1.52. The highest BCUT2D eigenvalue weighted by atomic mass is 16.5. The zero-order valence-corrected chi connectivity index (χ0v) is 10.9. The number of hydrogen-bond acceptors (Lipinski definition) is 4. The summed E-state index contributed by atoms with van der Waals surface area (Å²) < 4.78 is 5.19. The van der Waals surface area contributed by atoms with Gasteiger partial charge >= 0.3 is 0 Å². The average molecular weight is 253 g/mol. The maximum atomic E-state index is 12.4. The summed E-state index contributed by atoms with van der Waals surface area (Å²) in [5.41, 5.74) is -1.03. The molecule has 100 valence electrons. The van der Waals surface area contributed by atoms with Crippen LogP contribution < -0.4 is 5.32 Å². The van der Waals surface area contributed by atoms with E-state index in [0.717, 1.165) is 0 Å². The topological polar surface area (TPSA) is 82.4 Å². The van der Waals surface area contributed by atoms with Crippen molar-refractivity contribution in [2.24, 2.45) is 5.41 Å². The highest BCUT2D eigenvalue weighted by Gasteiger charge is 2.43. The number of carbonyl (C=O) groups is 2. The molecule has 1 heterocycles. The SMILES string of the molecule is CCN(CC(=O)NC)C(=O)C1(C#N)CCOCC1. The molecule has 0 bridgehead atoms. The Morgan fingerprint density at radius 3 is 2.50 bits per heavy atom. The Bertz CT molecular complexity index is 356. The van der Waals surface area contributed by atoms with Crippen LogP contribution in [-0.4, -0.2) is 50.1 Å². The van der Waals surface area contributed by atoms with E-state index in [9.17, 15) is 14.9 Å². The van der Waals surface area contributed by atoms with E-state index in [2.05, 4.69) is 11.4 Å². The number of nitrogens with zero attached hydrogens (tertiary/aromatic N) is 2. The number of ether oxygens (including phenoxy) is 1. The van der Waals surface area contributed by atoms with Crippen molar-refractivity contribution in [3.63, 3.8) is 0 Å². The van der Waals surface area contributed by atoms with E-state index in [1.165, 1.54) is 11.9 Å². The Hall–Kier alpha value is -1.61. The van der Waals surface area contributed by atoms with Crippen molar-refractivity contribution in [2.75, 3.05) is 33.4 Å². The summed E-state index contributed by atoms with van der Waals surface area (Å²) in [6.07, 6.45) is 0.791. The van der Waals surface area contributed by atoms with E-state index in [4.69, 9.17) is 4.74 Å². The van der Waals surface area contributed by atoms with Crippen molar-refractivity contribution in [3.05, 3.63) is 0 Å². The van der Waals surface area contributed by atoms with Crippen molar-refractivity contribution in [3.8, 4) is 6.07 Å². The first kappa shape index (κ1) is 14.5. The van der Waals surface area contributed by atoms with Crippen LogP contribution >= 0.6 is 0 Å². The molecule has 0 aliphatic carbocycles. The normalized spacial score (nSPS) is 17.6. The molecular formula is C12H19N3O3. The Morgan fingerprint density at radius 1 is 1.44 bits per heavy atom. The van der Waals surface area contributed by atoms with Crippen LogP contribution in [0, 0.1) is 16.7 Å². The number of amides is 2. The van der Waals surface area contributed by atoms with Gasteiger partial charge in [-0.25, -0.2) is 0 Å². The van der Waals surface area contributed by atoms with Crippen molar-refractivity contribution in [1.29, 1.82) is 5.26 Å². The molecule has 0 aromatic rings. The summed E-state index contributed by atoms with van der Waals surface area (Å²) in [6.45, 7) is 3.03. The van der Waals surface area contributed by atoms with Crippen LogP contribution in [0.2, 0.25) is 0 Å². The quantitative estimate of drug-likeness (QED) is 0.758. The van der Waals surface area contributed by atoms with E-state index in [0.29, 0.717) is 32.6 Å². The van der Waals surface area contributed by atoms with Gasteiger partial charge in [-0.2, -0.15) is 5.26 Å². The van der Waals surface area contributed by atoms with Crippen molar-refractivity contribution in [1.82, 2.24) is 10.2 Å². The number of hydrogen-bond donors (Lipinski definition) is 1. The molecule has 1 N–H and O–H groups in total. The third kappa shape index (κ3) is 2.99.